The van der Waals surface area contributed by atoms with Crippen LogP contribution in [-0.2, 0) is 0 Å². The number of hydrogen-bond acceptors (Lipinski definition) is 0. The van der Waals surface area contributed by atoms with Gasteiger partial charge in [-0.25, -0.2) is 0 Å². The molecule has 0 radical (unpaired) electrons. The molecule has 0 unspecified atom stereocenters. The van der Waals surface area contributed by atoms with Crippen molar-refractivity contribution >= 4 is 53.9 Å². The summed E-state index contributed by atoms with van der Waals surface area (Å²) in [5.74, 6) is 0. The van der Waals surface area contributed by atoms with Crippen molar-refractivity contribution in [3.63, 3.8) is 0 Å². The van der Waals surface area contributed by atoms with Gasteiger partial charge in [-0.2, -0.15) is 0 Å². The van der Waals surface area contributed by atoms with Gasteiger partial charge in [-0.1, -0.05) is 216 Å². The van der Waals surface area contributed by atoms with Crippen molar-refractivity contribution in [3.05, 3.63) is 216 Å². The van der Waals surface area contributed by atoms with Gasteiger partial charge in [0.25, 0.3) is 0 Å². The van der Waals surface area contributed by atoms with Gasteiger partial charge in [-0.05, 0) is 171 Å². The van der Waals surface area contributed by atoms with Gasteiger partial charge in [0.15, 0.2) is 0 Å². The van der Waals surface area contributed by atoms with E-state index < -0.39 is 0 Å². The molecule has 0 bridgehead atoms. The molecule has 0 nitrogen and oxygen atoms in total. The van der Waals surface area contributed by atoms with Gasteiger partial charge < -0.3 is 0 Å². The quantitative estimate of drug-likeness (QED) is 0.155. The van der Waals surface area contributed by atoms with Crippen molar-refractivity contribution < 1.29 is 0 Å². The second-order valence-electron chi connectivity index (χ2n) is 19.0. The van der Waals surface area contributed by atoms with E-state index >= 15 is 0 Å². The molecule has 0 heterocycles. The van der Waals surface area contributed by atoms with Crippen LogP contribution < -0.4 is 0 Å². The summed E-state index contributed by atoms with van der Waals surface area (Å²) in [6, 6.07) is 74.1. The highest BCUT2D eigenvalue weighted by Gasteiger charge is 2.34. The van der Waals surface area contributed by atoms with E-state index in [1.165, 1.54) is 165 Å². The lowest BCUT2D eigenvalue weighted by atomic mass is 9.78. The van der Waals surface area contributed by atoms with Crippen molar-refractivity contribution in [2.24, 2.45) is 0 Å². The van der Waals surface area contributed by atoms with E-state index in [0.717, 1.165) is 0 Å². The Morgan fingerprint density at radius 2 is 0.530 bits per heavy atom. The average Bonchev–Trinajstić information content (AvgIpc) is 3.84. The van der Waals surface area contributed by atoms with E-state index in [0.29, 0.717) is 0 Å². The maximum absolute atomic E-state index is 2.48. The smallest absolute Gasteiger partial charge is 0.000719 e. The van der Waals surface area contributed by atoms with Gasteiger partial charge >= 0.3 is 0 Å². The first-order valence-electron chi connectivity index (χ1n) is 23.3. The first-order chi connectivity index (χ1) is 32.4. The molecule has 0 saturated carbocycles. The van der Waals surface area contributed by atoms with E-state index in [4.69, 9.17) is 0 Å². The molecule has 308 valence electrons. The zero-order chi connectivity index (χ0) is 43.9. The minimum absolute atomic E-state index is 1.24. The second kappa shape index (κ2) is 13.7. The van der Waals surface area contributed by atoms with Crippen LogP contribution in [0.25, 0.3) is 143 Å². The molecule has 12 aromatic carbocycles. The van der Waals surface area contributed by atoms with Crippen molar-refractivity contribution in [1.29, 1.82) is 0 Å². The third-order valence-electron chi connectivity index (χ3n) is 14.8. The van der Waals surface area contributed by atoms with Crippen LogP contribution >= 0.6 is 0 Å². The van der Waals surface area contributed by atoms with Crippen LogP contribution in [0.15, 0.2) is 194 Å². The summed E-state index contributed by atoms with van der Waals surface area (Å²) < 4.78 is 0. The molecule has 0 fully saturated rings. The third kappa shape index (κ3) is 5.10. The highest BCUT2D eigenvalue weighted by atomic mass is 14.4. The molecule has 2 aliphatic carbocycles. The SMILES string of the molecule is Cc1cc(C)cc(-c2c3c(c(-c4ccccc4)c4ccc5c(ccc6c(-c7ccccc7)c7c(c(-c8cc(C)cc(C)c8)c65)-c5cccc6cccc-7c56)c24)-c2cccc4cccc-3c24)c1. The van der Waals surface area contributed by atoms with Crippen LogP contribution in [0, 0.1) is 27.7 Å². The minimum Gasteiger partial charge on any atom is -0.0622 e. The molecule has 0 atom stereocenters. The lowest BCUT2D eigenvalue weighted by Gasteiger charge is -2.25. The summed E-state index contributed by atoms with van der Waals surface area (Å²) in [7, 11) is 0. The van der Waals surface area contributed by atoms with Crippen molar-refractivity contribution in [1.82, 2.24) is 0 Å². The molecular weight excluding hydrogens is 793 g/mol. The number of rotatable bonds is 4. The Bertz CT molecular complexity index is 3790. The van der Waals surface area contributed by atoms with Crippen molar-refractivity contribution in [2.45, 2.75) is 27.7 Å². The van der Waals surface area contributed by atoms with Gasteiger partial charge in [-0.3, -0.25) is 0 Å². The van der Waals surface area contributed by atoms with Crippen LogP contribution in [0.1, 0.15) is 22.3 Å². The fourth-order valence-corrected chi connectivity index (χ4v) is 12.6. The van der Waals surface area contributed by atoms with E-state index in [9.17, 15) is 0 Å². The molecule has 2 aliphatic rings. The number of hydrogen-bond donors (Lipinski definition) is 0. The predicted octanol–water partition coefficient (Wildman–Crippen LogP) is 18.6. The maximum Gasteiger partial charge on any atom is -0.000719 e. The van der Waals surface area contributed by atoms with Crippen LogP contribution in [0.2, 0.25) is 0 Å². The molecule has 0 N–H and O–H groups in total. The van der Waals surface area contributed by atoms with Crippen LogP contribution in [0.4, 0.5) is 0 Å². The molecular formula is C66H44. The second-order valence-corrected chi connectivity index (χ2v) is 19.0. The molecule has 0 aromatic heterocycles. The lowest BCUT2D eigenvalue weighted by molar-refractivity contribution is 1.39. The number of benzene rings is 12. The van der Waals surface area contributed by atoms with Crippen LogP contribution in [0.5, 0.6) is 0 Å². The predicted molar refractivity (Wildman–Crippen MR) is 284 cm³/mol. The normalized spacial score (nSPS) is 12.2. The Kier molecular flexibility index (Phi) is 7.76. The van der Waals surface area contributed by atoms with Gasteiger partial charge in [0.2, 0.25) is 0 Å². The summed E-state index contributed by atoms with van der Waals surface area (Å²) in [5, 5.41) is 13.0. The first kappa shape index (κ1) is 37.3. The Balaban J connectivity index is 1.26. The highest BCUT2D eigenvalue weighted by Crippen LogP contribution is 2.61. The Hall–Kier alpha value is -8.06. The molecule has 0 saturated heterocycles. The van der Waals surface area contributed by atoms with Crippen LogP contribution in [0.3, 0.4) is 0 Å². The fourth-order valence-electron chi connectivity index (χ4n) is 12.6. The van der Waals surface area contributed by atoms with Gasteiger partial charge in [0.05, 0.1) is 0 Å². The third-order valence-corrected chi connectivity index (χ3v) is 14.8. The molecule has 66 heavy (non-hydrogen) atoms. The minimum atomic E-state index is 1.24. The molecule has 14 rings (SSSR count). The fraction of sp³-hybridized carbons (Fsp3) is 0.0606. The van der Waals surface area contributed by atoms with Crippen molar-refractivity contribution in [3.8, 4) is 89.0 Å². The van der Waals surface area contributed by atoms with Gasteiger partial charge in [0.1, 0.15) is 0 Å². The average molecular weight is 837 g/mol. The number of fused-ring (bicyclic) bond motifs is 11. The summed E-state index contributed by atoms with van der Waals surface area (Å²) in [6.45, 7) is 8.99. The molecule has 0 spiro atoms. The Morgan fingerprint density at radius 1 is 0.212 bits per heavy atom. The molecule has 0 heteroatoms. The zero-order valence-corrected chi connectivity index (χ0v) is 37.5. The molecule has 0 amide bonds. The summed E-state index contributed by atoms with van der Waals surface area (Å²) in [6.07, 6.45) is 0. The molecule has 0 aliphatic heterocycles. The van der Waals surface area contributed by atoms with Gasteiger partial charge in [0, 0.05) is 0 Å². The Labute approximate surface area is 385 Å². The molecule has 12 aromatic rings. The zero-order valence-electron chi connectivity index (χ0n) is 37.5. The monoisotopic (exact) mass is 836 g/mol. The lowest BCUT2D eigenvalue weighted by Crippen LogP contribution is -1.98. The van der Waals surface area contributed by atoms with Gasteiger partial charge in [-0.15, -0.1) is 0 Å². The van der Waals surface area contributed by atoms with E-state index in [-0.39, 0.29) is 0 Å². The summed E-state index contributed by atoms with van der Waals surface area (Å²) in [4.78, 5) is 0. The first-order valence-corrected chi connectivity index (χ1v) is 23.3. The summed E-state index contributed by atoms with van der Waals surface area (Å²) in [5.41, 5.74) is 25.9. The highest BCUT2D eigenvalue weighted by molar-refractivity contribution is 6.36. The van der Waals surface area contributed by atoms with E-state index in [1.54, 1.807) is 0 Å². The van der Waals surface area contributed by atoms with Crippen LogP contribution in [-0.4, -0.2) is 0 Å². The maximum atomic E-state index is 2.48. The largest absolute Gasteiger partial charge is 0.0622 e. The van der Waals surface area contributed by atoms with E-state index in [1.807, 2.05) is 0 Å². The Morgan fingerprint density at radius 3 is 0.879 bits per heavy atom. The standard InChI is InChI=1S/C66H44/c1-37-31-38(2)34-45(33-37)59-61-47-27-30-54-58(44-17-9-6-10-18-44)64-50-24-12-20-42-22-14-26-52(56(42)50)66(64)60(46-35-39(3)32-40(4)36-46)62(54)48(47)28-29-53(61)57(43-15-7-5-8-16-43)63-49-23-11-19-41-21-13-25-51(55(41)49)65(59)63/h5-36H,1-4H3. The summed E-state index contributed by atoms with van der Waals surface area (Å²) >= 11 is 0. The van der Waals surface area contributed by atoms with Crippen molar-refractivity contribution in [2.75, 3.05) is 0 Å². The number of aryl methyl sites for hydroxylation is 4. The van der Waals surface area contributed by atoms with E-state index in [2.05, 4.69) is 222 Å². The topological polar surface area (TPSA) is 0 Å².